The maximum atomic E-state index is 12.6. The molecule has 0 unspecified atom stereocenters. The smallest absolute Gasteiger partial charge is 0.340 e. The van der Waals surface area contributed by atoms with Gasteiger partial charge in [0.2, 0.25) is 0 Å². The average molecular weight is 382 g/mol. The van der Waals surface area contributed by atoms with E-state index in [-0.39, 0.29) is 12.3 Å². The summed E-state index contributed by atoms with van der Waals surface area (Å²) in [5.41, 5.74) is 1.83. The number of nitrogens with zero attached hydrogens (tertiary/aromatic N) is 2. The Labute approximate surface area is 160 Å². The van der Waals surface area contributed by atoms with Gasteiger partial charge in [-0.25, -0.2) is 4.79 Å². The molecule has 1 aromatic heterocycles. The Morgan fingerprint density at radius 3 is 2.57 bits per heavy atom. The van der Waals surface area contributed by atoms with Crippen LogP contribution >= 0.6 is 0 Å². The minimum Gasteiger partial charge on any atom is -0.497 e. The largest absolute Gasteiger partial charge is 0.497 e. The van der Waals surface area contributed by atoms with Crippen molar-refractivity contribution < 1.29 is 23.9 Å². The van der Waals surface area contributed by atoms with Crippen molar-refractivity contribution in [2.45, 2.75) is 13.5 Å². The topological polar surface area (TPSA) is 101 Å². The first kappa shape index (κ1) is 19.1. The molecule has 0 radical (unpaired) electrons. The van der Waals surface area contributed by atoms with Crippen LogP contribution in [0, 0.1) is 17.0 Å². The summed E-state index contributed by atoms with van der Waals surface area (Å²) in [5.74, 6) is 0.502. The molecule has 0 spiro atoms. The fourth-order valence-electron chi connectivity index (χ4n) is 2.79. The number of nitro groups is 1. The molecule has 0 N–H and O–H groups in total. The van der Waals surface area contributed by atoms with Gasteiger partial charge in [0.1, 0.15) is 18.1 Å². The van der Waals surface area contributed by atoms with Crippen molar-refractivity contribution in [1.82, 2.24) is 4.98 Å². The number of non-ortho nitro benzene ring substituents is 1. The molecule has 0 saturated heterocycles. The average Bonchev–Trinajstić information content (AvgIpc) is 2.70. The van der Waals surface area contributed by atoms with E-state index in [1.807, 2.05) is 0 Å². The molecule has 28 heavy (non-hydrogen) atoms. The molecule has 0 amide bonds. The van der Waals surface area contributed by atoms with Gasteiger partial charge in [-0.15, -0.1) is 0 Å². The maximum absolute atomic E-state index is 12.6. The molecule has 1 heterocycles. The van der Waals surface area contributed by atoms with Gasteiger partial charge in [-0.1, -0.05) is 0 Å². The maximum Gasteiger partial charge on any atom is 0.340 e. The number of hydrogen-bond donors (Lipinski definition) is 0. The van der Waals surface area contributed by atoms with E-state index in [2.05, 4.69) is 4.98 Å². The number of carbonyl (C=O) groups is 1. The first-order valence-electron chi connectivity index (χ1n) is 8.36. The molecule has 8 heteroatoms. The molecule has 0 aliphatic heterocycles. The third-order valence-electron chi connectivity index (χ3n) is 4.27. The Kier molecular flexibility index (Phi) is 5.39. The summed E-state index contributed by atoms with van der Waals surface area (Å²) in [6.07, 6.45) is 0. The zero-order valence-corrected chi connectivity index (χ0v) is 15.6. The predicted molar refractivity (Wildman–Crippen MR) is 102 cm³/mol. The van der Waals surface area contributed by atoms with Crippen LogP contribution in [0.15, 0.2) is 42.5 Å². The number of carbonyl (C=O) groups excluding carboxylic acids is 1. The highest BCUT2D eigenvalue weighted by molar-refractivity contribution is 5.95. The van der Waals surface area contributed by atoms with E-state index < -0.39 is 10.9 Å². The number of benzene rings is 2. The number of aryl methyl sites for hydroxylation is 1. The fourth-order valence-corrected chi connectivity index (χ4v) is 2.79. The van der Waals surface area contributed by atoms with E-state index in [1.165, 1.54) is 25.3 Å². The number of aromatic nitrogens is 1. The molecular formula is C20H18N2O6. The van der Waals surface area contributed by atoms with Crippen LogP contribution in [-0.2, 0) is 11.3 Å². The monoisotopic (exact) mass is 382 g/mol. The zero-order chi connectivity index (χ0) is 20.3. The molecule has 0 aliphatic rings. The van der Waals surface area contributed by atoms with Gasteiger partial charge in [0, 0.05) is 29.1 Å². The van der Waals surface area contributed by atoms with E-state index in [9.17, 15) is 14.9 Å². The van der Waals surface area contributed by atoms with Crippen LogP contribution in [0.5, 0.6) is 11.5 Å². The summed E-state index contributed by atoms with van der Waals surface area (Å²) in [6, 6.07) is 11.2. The van der Waals surface area contributed by atoms with Crippen molar-refractivity contribution in [3.8, 4) is 11.5 Å². The second-order valence-electron chi connectivity index (χ2n) is 6.01. The highest BCUT2D eigenvalue weighted by Crippen LogP contribution is 2.26. The quantitative estimate of drug-likeness (QED) is 0.363. The molecular weight excluding hydrogens is 364 g/mol. The Morgan fingerprint density at radius 2 is 1.89 bits per heavy atom. The molecule has 0 aliphatic carbocycles. The van der Waals surface area contributed by atoms with Crippen LogP contribution in [0.3, 0.4) is 0 Å². The molecule has 3 rings (SSSR count). The SMILES string of the molecule is COc1ccc2cc(C(=O)OCc3cc([N+](=O)[O-])ccc3OC)c(C)nc2c1. The van der Waals surface area contributed by atoms with Crippen LogP contribution in [0.2, 0.25) is 0 Å². The van der Waals surface area contributed by atoms with Crippen molar-refractivity contribution >= 4 is 22.6 Å². The van der Waals surface area contributed by atoms with Crippen LogP contribution < -0.4 is 9.47 Å². The van der Waals surface area contributed by atoms with E-state index in [0.717, 1.165) is 5.39 Å². The number of pyridine rings is 1. The van der Waals surface area contributed by atoms with Crippen LogP contribution in [0.1, 0.15) is 21.6 Å². The number of hydrogen-bond acceptors (Lipinski definition) is 7. The summed E-state index contributed by atoms with van der Waals surface area (Å²) >= 11 is 0. The van der Waals surface area contributed by atoms with Gasteiger partial charge in [0.15, 0.2) is 0 Å². The number of ether oxygens (including phenoxy) is 3. The fraction of sp³-hybridized carbons (Fsp3) is 0.200. The van der Waals surface area contributed by atoms with E-state index in [0.29, 0.717) is 33.8 Å². The third-order valence-corrected chi connectivity index (χ3v) is 4.27. The van der Waals surface area contributed by atoms with Crippen molar-refractivity contribution in [2.75, 3.05) is 14.2 Å². The third kappa shape index (κ3) is 3.85. The first-order chi connectivity index (χ1) is 13.4. The molecule has 0 saturated carbocycles. The normalized spacial score (nSPS) is 10.5. The summed E-state index contributed by atoms with van der Waals surface area (Å²) in [4.78, 5) is 27.4. The second kappa shape index (κ2) is 7.91. The van der Waals surface area contributed by atoms with Gasteiger partial charge in [0.25, 0.3) is 5.69 Å². The Balaban J connectivity index is 1.84. The van der Waals surface area contributed by atoms with E-state index in [4.69, 9.17) is 14.2 Å². The predicted octanol–water partition coefficient (Wildman–Crippen LogP) is 3.83. The molecule has 144 valence electrons. The van der Waals surface area contributed by atoms with Gasteiger partial charge >= 0.3 is 5.97 Å². The Morgan fingerprint density at radius 1 is 1.11 bits per heavy atom. The van der Waals surface area contributed by atoms with Gasteiger partial charge in [-0.2, -0.15) is 0 Å². The van der Waals surface area contributed by atoms with Crippen molar-refractivity contribution in [2.24, 2.45) is 0 Å². The standard InChI is InChI=1S/C20H18N2O6/c1-12-17(9-13-4-6-16(26-2)10-18(13)21-12)20(23)28-11-14-8-15(22(24)25)5-7-19(14)27-3/h4-10H,11H2,1-3H3. The summed E-state index contributed by atoms with van der Waals surface area (Å²) in [7, 11) is 3.01. The Bertz CT molecular complexity index is 1060. The molecule has 3 aromatic rings. The number of methoxy groups -OCH3 is 2. The molecule has 8 nitrogen and oxygen atoms in total. The second-order valence-corrected chi connectivity index (χ2v) is 6.01. The first-order valence-corrected chi connectivity index (χ1v) is 8.36. The summed E-state index contributed by atoms with van der Waals surface area (Å²) in [5, 5.41) is 11.7. The lowest BCUT2D eigenvalue weighted by Crippen LogP contribution is -2.09. The number of nitro benzene ring substituents is 1. The molecule has 0 fully saturated rings. The van der Waals surface area contributed by atoms with E-state index >= 15 is 0 Å². The summed E-state index contributed by atoms with van der Waals surface area (Å²) in [6.45, 7) is 1.55. The van der Waals surface area contributed by atoms with Crippen LogP contribution in [-0.4, -0.2) is 30.1 Å². The van der Waals surface area contributed by atoms with Crippen molar-refractivity contribution in [1.29, 1.82) is 0 Å². The molecule has 0 atom stereocenters. The minimum atomic E-state index is -0.573. The Hall–Kier alpha value is -3.68. The minimum absolute atomic E-state index is 0.107. The lowest BCUT2D eigenvalue weighted by atomic mass is 10.1. The van der Waals surface area contributed by atoms with Gasteiger partial charge in [-0.05, 0) is 31.2 Å². The van der Waals surface area contributed by atoms with Crippen LogP contribution in [0.4, 0.5) is 5.69 Å². The number of fused-ring (bicyclic) bond motifs is 1. The highest BCUT2D eigenvalue weighted by Gasteiger charge is 2.17. The summed E-state index contributed by atoms with van der Waals surface area (Å²) < 4.78 is 15.7. The van der Waals surface area contributed by atoms with Gasteiger partial charge in [0.05, 0.1) is 35.9 Å². The van der Waals surface area contributed by atoms with Gasteiger partial charge in [-0.3, -0.25) is 15.1 Å². The lowest BCUT2D eigenvalue weighted by Gasteiger charge is -2.11. The molecule has 0 bridgehead atoms. The van der Waals surface area contributed by atoms with Crippen molar-refractivity contribution in [3.63, 3.8) is 0 Å². The van der Waals surface area contributed by atoms with E-state index in [1.54, 1.807) is 38.3 Å². The van der Waals surface area contributed by atoms with Crippen LogP contribution in [0.25, 0.3) is 10.9 Å². The van der Waals surface area contributed by atoms with Gasteiger partial charge < -0.3 is 14.2 Å². The lowest BCUT2D eigenvalue weighted by molar-refractivity contribution is -0.385. The highest BCUT2D eigenvalue weighted by atomic mass is 16.6. The van der Waals surface area contributed by atoms with Crippen molar-refractivity contribution in [3.05, 3.63) is 69.4 Å². The molecule has 2 aromatic carbocycles. The zero-order valence-electron chi connectivity index (χ0n) is 15.6. The number of esters is 1. The number of rotatable bonds is 6.